The fourth-order valence-electron chi connectivity index (χ4n) is 3.19. The molecule has 0 atom stereocenters. The number of fused-ring (bicyclic) bond motifs is 1. The van der Waals surface area contributed by atoms with Gasteiger partial charge in [0.2, 0.25) is 0 Å². The Hall–Kier alpha value is -3.65. The number of aryl methyl sites for hydroxylation is 1. The molecule has 2 heterocycles. The fourth-order valence-corrected chi connectivity index (χ4v) is 3.36. The van der Waals surface area contributed by atoms with E-state index in [0.29, 0.717) is 33.5 Å². The molecule has 0 unspecified atom stereocenters. The Morgan fingerprint density at radius 2 is 1.91 bits per heavy atom. The summed E-state index contributed by atoms with van der Waals surface area (Å²) < 4.78 is 9.01. The van der Waals surface area contributed by atoms with E-state index in [-0.39, 0.29) is 24.1 Å². The van der Waals surface area contributed by atoms with Crippen molar-refractivity contribution in [3.05, 3.63) is 87.1 Å². The molecular formula is C23H22ClN5O3. The molecular weight excluding hydrogens is 430 g/mol. The Morgan fingerprint density at radius 1 is 1.16 bits per heavy atom. The number of nitrogens with one attached hydrogen (secondary N) is 1. The summed E-state index contributed by atoms with van der Waals surface area (Å²) in [6, 6.07) is 13.6. The highest BCUT2D eigenvalue weighted by Gasteiger charge is 2.13. The molecule has 1 amide bonds. The summed E-state index contributed by atoms with van der Waals surface area (Å²) in [7, 11) is 0. The number of nitrogens with zero attached hydrogens (tertiary/aromatic N) is 4. The lowest BCUT2D eigenvalue weighted by Gasteiger charge is -2.13. The molecule has 0 aliphatic heterocycles. The Bertz CT molecular complexity index is 1340. The van der Waals surface area contributed by atoms with Crippen molar-refractivity contribution in [2.45, 2.75) is 33.4 Å². The molecule has 164 valence electrons. The van der Waals surface area contributed by atoms with Crippen LogP contribution in [0.1, 0.15) is 41.5 Å². The zero-order valence-corrected chi connectivity index (χ0v) is 18.6. The summed E-state index contributed by atoms with van der Waals surface area (Å²) in [6.07, 6.45) is 1.58. The normalized spacial score (nSPS) is 11.2. The minimum absolute atomic E-state index is 0.0231. The molecule has 0 aliphatic carbocycles. The van der Waals surface area contributed by atoms with Crippen LogP contribution in [0.3, 0.4) is 0 Å². The van der Waals surface area contributed by atoms with Gasteiger partial charge in [0.25, 0.3) is 17.2 Å². The minimum atomic E-state index is -0.283. The zero-order valence-electron chi connectivity index (χ0n) is 17.9. The Labute approximate surface area is 189 Å². The summed E-state index contributed by atoms with van der Waals surface area (Å²) >= 11 is 6.12. The van der Waals surface area contributed by atoms with Gasteiger partial charge in [-0.25, -0.2) is 4.98 Å². The van der Waals surface area contributed by atoms with Crippen molar-refractivity contribution >= 4 is 29.0 Å². The van der Waals surface area contributed by atoms with E-state index in [1.54, 1.807) is 41.3 Å². The van der Waals surface area contributed by atoms with Gasteiger partial charge in [-0.3, -0.25) is 14.3 Å². The predicted octanol–water partition coefficient (Wildman–Crippen LogP) is 4.27. The first-order valence-electron chi connectivity index (χ1n) is 10.1. The van der Waals surface area contributed by atoms with E-state index in [9.17, 15) is 9.59 Å². The SMILES string of the molecule is Cc1ccc(C(=O)Nc2cc(Cl)ccc2OCc2cc(=O)n3c(ncn3C(C)C)n2)cc1. The Balaban J connectivity index is 1.55. The van der Waals surface area contributed by atoms with Gasteiger partial charge in [0, 0.05) is 22.7 Å². The van der Waals surface area contributed by atoms with Crippen molar-refractivity contribution in [1.82, 2.24) is 19.2 Å². The van der Waals surface area contributed by atoms with Crippen LogP contribution in [0.4, 0.5) is 5.69 Å². The van der Waals surface area contributed by atoms with Crippen molar-refractivity contribution < 1.29 is 9.53 Å². The lowest BCUT2D eigenvalue weighted by Crippen LogP contribution is -2.23. The molecule has 0 bridgehead atoms. The van der Waals surface area contributed by atoms with Crippen LogP contribution in [-0.4, -0.2) is 25.1 Å². The molecule has 2 aromatic carbocycles. The number of carbonyl (C=O) groups is 1. The maximum absolute atomic E-state index is 12.6. The van der Waals surface area contributed by atoms with Crippen LogP contribution in [-0.2, 0) is 6.61 Å². The van der Waals surface area contributed by atoms with E-state index in [1.807, 2.05) is 32.9 Å². The first-order valence-corrected chi connectivity index (χ1v) is 10.5. The van der Waals surface area contributed by atoms with Crippen LogP contribution in [0.15, 0.2) is 59.7 Å². The maximum atomic E-state index is 12.6. The van der Waals surface area contributed by atoms with E-state index >= 15 is 0 Å². The van der Waals surface area contributed by atoms with Gasteiger partial charge in [-0.05, 0) is 51.1 Å². The largest absolute Gasteiger partial charge is 0.485 e. The van der Waals surface area contributed by atoms with E-state index in [1.165, 1.54) is 10.6 Å². The second-order valence-electron chi connectivity index (χ2n) is 7.67. The minimum Gasteiger partial charge on any atom is -0.485 e. The molecule has 1 N–H and O–H groups in total. The van der Waals surface area contributed by atoms with Crippen molar-refractivity contribution in [2.24, 2.45) is 0 Å². The van der Waals surface area contributed by atoms with Crippen molar-refractivity contribution in [2.75, 3.05) is 5.32 Å². The topological polar surface area (TPSA) is 90.5 Å². The number of benzene rings is 2. The maximum Gasteiger partial charge on any atom is 0.274 e. The smallest absolute Gasteiger partial charge is 0.274 e. The molecule has 32 heavy (non-hydrogen) atoms. The van der Waals surface area contributed by atoms with Gasteiger partial charge in [0.05, 0.1) is 11.4 Å². The van der Waals surface area contributed by atoms with Crippen molar-refractivity contribution in [3.63, 3.8) is 0 Å². The molecule has 0 aliphatic rings. The highest BCUT2D eigenvalue weighted by atomic mass is 35.5. The number of halogens is 1. The monoisotopic (exact) mass is 451 g/mol. The highest BCUT2D eigenvalue weighted by molar-refractivity contribution is 6.31. The van der Waals surface area contributed by atoms with Crippen LogP contribution in [0.2, 0.25) is 5.02 Å². The summed E-state index contributed by atoms with van der Waals surface area (Å²) in [6.45, 7) is 5.89. The van der Waals surface area contributed by atoms with E-state index < -0.39 is 0 Å². The Kier molecular flexibility index (Phi) is 5.96. The summed E-state index contributed by atoms with van der Waals surface area (Å²) in [5.74, 6) is 0.424. The molecule has 4 aromatic rings. The van der Waals surface area contributed by atoms with Crippen molar-refractivity contribution in [1.29, 1.82) is 0 Å². The molecule has 0 spiro atoms. The first kappa shape index (κ1) is 21.6. The highest BCUT2D eigenvalue weighted by Crippen LogP contribution is 2.29. The van der Waals surface area contributed by atoms with Gasteiger partial charge < -0.3 is 10.1 Å². The number of aromatic nitrogens is 4. The van der Waals surface area contributed by atoms with Crippen LogP contribution < -0.4 is 15.6 Å². The quantitative estimate of drug-likeness (QED) is 0.473. The van der Waals surface area contributed by atoms with Gasteiger partial charge in [0.1, 0.15) is 18.7 Å². The van der Waals surface area contributed by atoms with Crippen LogP contribution in [0.5, 0.6) is 5.75 Å². The number of rotatable bonds is 6. The third-order valence-electron chi connectivity index (χ3n) is 4.86. The fraction of sp³-hybridized carbons (Fsp3) is 0.217. The average molecular weight is 452 g/mol. The number of amides is 1. The molecule has 0 saturated carbocycles. The summed E-state index contributed by atoms with van der Waals surface area (Å²) in [4.78, 5) is 33.8. The number of hydrogen-bond acceptors (Lipinski definition) is 5. The molecule has 0 fully saturated rings. The predicted molar refractivity (Wildman–Crippen MR) is 123 cm³/mol. The van der Waals surface area contributed by atoms with Gasteiger partial charge in [-0.1, -0.05) is 29.3 Å². The third kappa shape index (κ3) is 4.50. The van der Waals surface area contributed by atoms with Gasteiger partial charge >= 0.3 is 0 Å². The number of carbonyl (C=O) groups excluding carboxylic acids is 1. The number of anilines is 1. The van der Waals surface area contributed by atoms with Crippen LogP contribution >= 0.6 is 11.6 Å². The van der Waals surface area contributed by atoms with E-state index in [2.05, 4.69) is 15.3 Å². The summed E-state index contributed by atoms with van der Waals surface area (Å²) in [5.41, 5.74) is 2.18. The average Bonchev–Trinajstić information content (AvgIpc) is 3.18. The van der Waals surface area contributed by atoms with E-state index in [4.69, 9.17) is 16.3 Å². The molecule has 0 radical (unpaired) electrons. The first-order chi connectivity index (χ1) is 15.3. The second-order valence-corrected chi connectivity index (χ2v) is 8.10. The lowest BCUT2D eigenvalue weighted by molar-refractivity contribution is 0.102. The summed E-state index contributed by atoms with van der Waals surface area (Å²) in [5, 5.41) is 3.28. The molecule has 2 aromatic heterocycles. The number of ether oxygens (including phenoxy) is 1. The van der Waals surface area contributed by atoms with Crippen LogP contribution in [0.25, 0.3) is 5.78 Å². The molecule has 0 saturated heterocycles. The second kappa shape index (κ2) is 8.84. The van der Waals surface area contributed by atoms with Crippen LogP contribution in [0, 0.1) is 6.92 Å². The third-order valence-corrected chi connectivity index (χ3v) is 5.10. The van der Waals surface area contributed by atoms with Gasteiger partial charge in [-0.2, -0.15) is 9.50 Å². The van der Waals surface area contributed by atoms with Crippen molar-refractivity contribution in [3.8, 4) is 5.75 Å². The molecule has 4 rings (SSSR count). The lowest BCUT2D eigenvalue weighted by atomic mass is 10.1. The standard InChI is InChI=1S/C23H22ClN5O3/c1-14(2)28-13-25-23-26-18(11-21(30)29(23)28)12-32-20-9-8-17(24)10-19(20)27-22(31)16-6-4-15(3)5-7-16/h4-11,13-14H,12H2,1-3H3,(H,27,31). The molecule has 8 nitrogen and oxygen atoms in total. The number of hydrogen-bond donors (Lipinski definition) is 1. The van der Waals surface area contributed by atoms with Gasteiger partial charge in [0.15, 0.2) is 0 Å². The Morgan fingerprint density at radius 3 is 2.62 bits per heavy atom. The zero-order chi connectivity index (χ0) is 22.8. The van der Waals surface area contributed by atoms with E-state index in [0.717, 1.165) is 5.56 Å². The molecule has 9 heteroatoms. The van der Waals surface area contributed by atoms with Gasteiger partial charge in [-0.15, -0.1) is 0 Å².